The van der Waals surface area contributed by atoms with Gasteiger partial charge >= 0.3 is 12.3 Å². The molecule has 2 N–H and O–H groups in total. The number of fused-ring (bicyclic) bond motifs is 3. The van der Waals surface area contributed by atoms with Gasteiger partial charge in [-0.3, -0.25) is 4.79 Å². The highest BCUT2D eigenvalue weighted by molar-refractivity contribution is 6.30. The normalized spacial score (nSPS) is 15.4. The molecule has 2 atom stereocenters. The van der Waals surface area contributed by atoms with Crippen LogP contribution < -0.4 is 5.32 Å². The average Bonchev–Trinajstić information content (AvgIpc) is 3.00. The highest BCUT2D eigenvalue weighted by Gasteiger charge is 2.41. The number of rotatable bonds is 6. The lowest BCUT2D eigenvalue weighted by atomic mass is 9.91. The predicted octanol–water partition coefficient (Wildman–Crippen LogP) is 2.53. The minimum atomic E-state index is -1.67. The van der Waals surface area contributed by atoms with Crippen molar-refractivity contribution in [1.82, 2.24) is 5.32 Å². The smallest absolute Gasteiger partial charge is 0.408 e. The Bertz CT molecular complexity index is 920. The van der Waals surface area contributed by atoms with Crippen molar-refractivity contribution in [3.05, 3.63) is 65.2 Å². The molecule has 2 aromatic carbocycles. The quantitative estimate of drug-likeness (QED) is 0.456. The van der Waals surface area contributed by atoms with Gasteiger partial charge in [0, 0.05) is 5.92 Å². The topological polar surface area (TPSA) is 112 Å². The number of nitrogens with zero attached hydrogens (tertiary/aromatic N) is 2. The van der Waals surface area contributed by atoms with Crippen molar-refractivity contribution in [2.75, 3.05) is 6.61 Å². The maximum Gasteiger partial charge on any atom is 0.408 e. The van der Waals surface area contributed by atoms with Gasteiger partial charge in [0.1, 0.15) is 12.1 Å². The number of aliphatic hydroxyl groups excluding tert-OH is 1. The van der Waals surface area contributed by atoms with Crippen molar-refractivity contribution < 1.29 is 24.2 Å². The van der Waals surface area contributed by atoms with Crippen LogP contribution in [0.15, 0.2) is 48.5 Å². The van der Waals surface area contributed by atoms with Gasteiger partial charge in [0.05, 0.1) is 6.10 Å². The molecule has 0 heterocycles. The summed E-state index contributed by atoms with van der Waals surface area (Å²) in [7, 11) is 0. The first-order chi connectivity index (χ1) is 13.4. The molecular weight excluding hydrogens is 358 g/mol. The van der Waals surface area contributed by atoms with Gasteiger partial charge in [-0.15, -0.1) is 0 Å². The highest BCUT2D eigenvalue weighted by atomic mass is 16.5. The summed E-state index contributed by atoms with van der Waals surface area (Å²) in [5, 5.41) is 12.3. The molecule has 1 aliphatic carbocycles. The fourth-order valence-corrected chi connectivity index (χ4v) is 3.40. The maximum atomic E-state index is 12.3. The Labute approximate surface area is 162 Å². The van der Waals surface area contributed by atoms with E-state index in [1.54, 1.807) is 0 Å². The Morgan fingerprint density at radius 3 is 2.25 bits per heavy atom. The zero-order chi connectivity index (χ0) is 20.3. The molecule has 3 rings (SSSR count). The van der Waals surface area contributed by atoms with E-state index in [-0.39, 0.29) is 12.5 Å². The summed E-state index contributed by atoms with van der Waals surface area (Å²) in [5.74, 6) is -0.871. The lowest BCUT2D eigenvalue weighted by Crippen LogP contribution is -2.59. The van der Waals surface area contributed by atoms with Crippen LogP contribution in [0.25, 0.3) is 16.7 Å². The van der Waals surface area contributed by atoms with E-state index < -0.39 is 23.5 Å². The third-order valence-electron chi connectivity index (χ3n) is 5.23. The fourth-order valence-electron chi connectivity index (χ4n) is 3.40. The van der Waals surface area contributed by atoms with Gasteiger partial charge in [0.2, 0.25) is 0 Å². The van der Waals surface area contributed by atoms with E-state index in [9.17, 15) is 14.7 Å². The van der Waals surface area contributed by atoms with E-state index in [1.165, 1.54) is 13.8 Å². The number of carbonyl (C=O) groups excluding carboxylic acids is 2. The predicted molar refractivity (Wildman–Crippen MR) is 103 cm³/mol. The maximum absolute atomic E-state index is 12.3. The van der Waals surface area contributed by atoms with Crippen LogP contribution in [0, 0.1) is 0 Å². The van der Waals surface area contributed by atoms with Crippen molar-refractivity contribution in [1.29, 1.82) is 0 Å². The molecule has 2 aromatic rings. The molecule has 1 aliphatic rings. The number of hydrogen-bond acceptors (Lipinski definition) is 4. The van der Waals surface area contributed by atoms with Gasteiger partial charge in [-0.1, -0.05) is 48.5 Å². The van der Waals surface area contributed by atoms with Crippen molar-refractivity contribution in [2.24, 2.45) is 0 Å². The van der Waals surface area contributed by atoms with Gasteiger partial charge in [-0.2, -0.15) is 4.79 Å². The summed E-state index contributed by atoms with van der Waals surface area (Å²) < 4.78 is 5.39. The Kier molecular flexibility index (Phi) is 5.40. The van der Waals surface area contributed by atoms with Crippen molar-refractivity contribution in [3.8, 4) is 11.1 Å². The second-order valence-electron chi connectivity index (χ2n) is 6.94. The zero-order valence-electron chi connectivity index (χ0n) is 15.6. The minimum absolute atomic E-state index is 0.0814. The number of ether oxygens (including phenoxy) is 1. The molecule has 0 spiro atoms. The summed E-state index contributed by atoms with van der Waals surface area (Å²) in [4.78, 5) is 27.1. The van der Waals surface area contributed by atoms with E-state index in [0.717, 1.165) is 22.3 Å². The third kappa shape index (κ3) is 3.45. The number of benzene rings is 2. The second-order valence-corrected chi connectivity index (χ2v) is 6.94. The molecule has 0 saturated carbocycles. The van der Waals surface area contributed by atoms with E-state index in [0.29, 0.717) is 6.21 Å². The van der Waals surface area contributed by atoms with Gasteiger partial charge in [-0.25, -0.2) is 4.79 Å². The molecule has 0 bridgehead atoms. The van der Waals surface area contributed by atoms with Crippen LogP contribution in [0.2, 0.25) is 0 Å². The van der Waals surface area contributed by atoms with E-state index in [2.05, 4.69) is 10.1 Å². The van der Waals surface area contributed by atoms with Crippen LogP contribution in [0.4, 0.5) is 4.79 Å². The summed E-state index contributed by atoms with van der Waals surface area (Å²) in [6.07, 6.45) is -1.43. The first-order valence-electron chi connectivity index (χ1n) is 8.91. The number of carbonyl (C=O) groups is 2. The minimum Gasteiger partial charge on any atom is -0.449 e. The third-order valence-corrected chi connectivity index (χ3v) is 5.23. The van der Waals surface area contributed by atoms with Crippen LogP contribution in [-0.2, 0) is 9.53 Å². The molecule has 0 saturated heterocycles. The van der Waals surface area contributed by atoms with Crippen LogP contribution in [0.5, 0.6) is 0 Å². The van der Waals surface area contributed by atoms with E-state index in [4.69, 9.17) is 10.3 Å². The van der Waals surface area contributed by atoms with Crippen LogP contribution >= 0.6 is 0 Å². The SMILES string of the molecule is C[C@@H](O)[C@](C)(NC(=O)OCC1c2ccccc2-c2ccccc21)C(=O)C=[N+]=[N-]. The lowest BCUT2D eigenvalue weighted by molar-refractivity contribution is -0.125. The largest absolute Gasteiger partial charge is 0.449 e. The molecule has 7 heteroatoms. The van der Waals surface area contributed by atoms with Gasteiger partial charge < -0.3 is 20.7 Å². The highest BCUT2D eigenvalue weighted by Crippen LogP contribution is 2.44. The lowest BCUT2D eigenvalue weighted by Gasteiger charge is -2.29. The molecule has 0 aromatic heterocycles. The van der Waals surface area contributed by atoms with E-state index in [1.807, 2.05) is 48.5 Å². The summed E-state index contributed by atoms with van der Waals surface area (Å²) >= 11 is 0. The van der Waals surface area contributed by atoms with Gasteiger partial charge in [0.15, 0.2) is 0 Å². The molecule has 0 aliphatic heterocycles. The van der Waals surface area contributed by atoms with Crippen LogP contribution in [0.1, 0.15) is 30.9 Å². The summed E-state index contributed by atoms with van der Waals surface area (Å²) in [5.41, 5.74) is 11.2. The molecule has 7 nitrogen and oxygen atoms in total. The summed E-state index contributed by atoms with van der Waals surface area (Å²) in [6.45, 7) is 2.77. The Balaban J connectivity index is 1.76. The number of hydrogen-bond donors (Lipinski definition) is 2. The fraction of sp³-hybridized carbons (Fsp3) is 0.286. The van der Waals surface area contributed by atoms with Crippen LogP contribution in [0.3, 0.4) is 0 Å². The number of Topliss-reactive ketones (excluding diaryl/α,β-unsaturated/α-hetero) is 1. The molecule has 28 heavy (non-hydrogen) atoms. The molecule has 144 valence electrons. The number of ketones is 1. The average molecular weight is 379 g/mol. The van der Waals surface area contributed by atoms with Crippen molar-refractivity contribution in [2.45, 2.75) is 31.4 Å². The van der Waals surface area contributed by atoms with Gasteiger partial charge in [-0.05, 0) is 36.1 Å². The molecule has 0 unspecified atom stereocenters. The monoisotopic (exact) mass is 379 g/mol. The number of nitrogens with one attached hydrogen (secondary N) is 1. The second kappa shape index (κ2) is 7.76. The molecule has 1 amide bonds. The van der Waals surface area contributed by atoms with Gasteiger partial charge in [0.25, 0.3) is 5.78 Å². The van der Waals surface area contributed by atoms with E-state index >= 15 is 0 Å². The molecule has 0 fully saturated rings. The van der Waals surface area contributed by atoms with Crippen LogP contribution in [-0.4, -0.2) is 46.2 Å². The Morgan fingerprint density at radius 1 is 1.21 bits per heavy atom. The zero-order valence-corrected chi connectivity index (χ0v) is 15.6. The summed E-state index contributed by atoms with van der Waals surface area (Å²) in [6, 6.07) is 15.9. The standard InChI is InChI=1S/C21H21N3O4/c1-13(25)21(2,19(26)11-23-22)24-20(27)28-12-18-16-9-5-3-7-14(16)15-8-4-6-10-17(15)18/h3-11,13,18,25H,12H2,1-2H3,(H,24,27)/t13-,21+/m1/s1. The van der Waals surface area contributed by atoms with Crippen molar-refractivity contribution >= 4 is 18.1 Å². The first kappa shape index (κ1) is 19.5. The Hall–Kier alpha value is -3.28. The molecular formula is C21H21N3O4. The molecule has 0 radical (unpaired) electrons. The number of aliphatic hydroxyl groups is 1. The van der Waals surface area contributed by atoms with Crippen molar-refractivity contribution in [3.63, 3.8) is 0 Å². The first-order valence-corrected chi connectivity index (χ1v) is 8.91. The number of alkyl carbamates (subject to hydrolysis) is 1. The number of amides is 1. The Morgan fingerprint density at radius 2 is 1.75 bits per heavy atom.